The van der Waals surface area contributed by atoms with E-state index < -0.39 is 94.9 Å². The molecule has 1 aliphatic rings. The van der Waals surface area contributed by atoms with Gasteiger partial charge in [-0.05, 0) is 24.3 Å². The first-order valence-electron chi connectivity index (χ1n) is 9.48. The standard InChI is InChI=1S/C20H20O14/c21-5-12-15(28)16(29)17(33-18(30)6-1-8(22)13(26)9(23)2-6)20(32-12)34-19(31)7-3-10(24)14(27)11(25)4-7/h1-4,12,15-17,20-29H,5H2. The van der Waals surface area contributed by atoms with Crippen LogP contribution in [0.25, 0.3) is 0 Å². The quantitative estimate of drug-likeness (QED) is 0.178. The molecule has 14 heteroatoms. The van der Waals surface area contributed by atoms with E-state index in [2.05, 4.69) is 0 Å². The van der Waals surface area contributed by atoms with Gasteiger partial charge in [0.05, 0.1) is 17.7 Å². The number of aliphatic hydroxyl groups excluding tert-OH is 3. The molecule has 14 nitrogen and oxygen atoms in total. The summed E-state index contributed by atoms with van der Waals surface area (Å²) >= 11 is 0. The molecule has 184 valence electrons. The second-order valence-corrected chi connectivity index (χ2v) is 7.21. The number of phenols is 6. The average molecular weight is 484 g/mol. The molecule has 34 heavy (non-hydrogen) atoms. The number of hydrogen-bond donors (Lipinski definition) is 9. The molecule has 2 aromatic rings. The fraction of sp³-hybridized carbons (Fsp3) is 0.300. The van der Waals surface area contributed by atoms with Crippen molar-refractivity contribution in [2.75, 3.05) is 6.61 Å². The number of carbonyl (C=O) groups excluding carboxylic acids is 2. The molecule has 0 amide bonds. The maximum atomic E-state index is 12.5. The molecule has 1 aliphatic heterocycles. The van der Waals surface area contributed by atoms with Gasteiger partial charge in [0.2, 0.25) is 6.29 Å². The summed E-state index contributed by atoms with van der Waals surface area (Å²) in [6.07, 6.45) is -9.10. The zero-order valence-corrected chi connectivity index (χ0v) is 17.0. The predicted octanol–water partition coefficient (Wildman–Crippen LogP) is -1.26. The van der Waals surface area contributed by atoms with Gasteiger partial charge < -0.3 is 60.2 Å². The molecular formula is C20H20O14. The number of ether oxygens (including phenoxy) is 3. The second-order valence-electron chi connectivity index (χ2n) is 7.21. The highest BCUT2D eigenvalue weighted by Gasteiger charge is 2.48. The van der Waals surface area contributed by atoms with Gasteiger partial charge >= 0.3 is 11.9 Å². The highest BCUT2D eigenvalue weighted by molar-refractivity contribution is 5.92. The Morgan fingerprint density at radius 1 is 0.735 bits per heavy atom. The SMILES string of the molecule is O=C(OC1OC(CO)C(O)C(O)C1OC(=O)c1cc(O)c(O)c(O)c1)c1cc(O)c(O)c(O)c1. The van der Waals surface area contributed by atoms with E-state index >= 15 is 0 Å². The van der Waals surface area contributed by atoms with Crippen molar-refractivity contribution in [2.24, 2.45) is 0 Å². The molecule has 0 bridgehead atoms. The maximum absolute atomic E-state index is 12.5. The minimum Gasteiger partial charge on any atom is -0.504 e. The highest BCUT2D eigenvalue weighted by Crippen LogP contribution is 2.37. The van der Waals surface area contributed by atoms with Crippen LogP contribution in [0.1, 0.15) is 20.7 Å². The van der Waals surface area contributed by atoms with Gasteiger partial charge in [0.25, 0.3) is 0 Å². The smallest absolute Gasteiger partial charge is 0.340 e. The lowest BCUT2D eigenvalue weighted by molar-refractivity contribution is -0.284. The van der Waals surface area contributed by atoms with Gasteiger partial charge in [0.1, 0.15) is 18.3 Å². The van der Waals surface area contributed by atoms with Crippen molar-refractivity contribution in [1.82, 2.24) is 0 Å². The average Bonchev–Trinajstić information content (AvgIpc) is 2.79. The number of rotatable bonds is 5. The monoisotopic (exact) mass is 484 g/mol. The van der Waals surface area contributed by atoms with Crippen LogP contribution in [0.2, 0.25) is 0 Å². The summed E-state index contributed by atoms with van der Waals surface area (Å²) in [6.45, 7) is -0.840. The van der Waals surface area contributed by atoms with Gasteiger partial charge in [-0.15, -0.1) is 0 Å². The fourth-order valence-electron chi connectivity index (χ4n) is 3.09. The number of benzene rings is 2. The third-order valence-corrected chi connectivity index (χ3v) is 4.90. The van der Waals surface area contributed by atoms with Gasteiger partial charge in [0, 0.05) is 0 Å². The molecule has 5 atom stereocenters. The van der Waals surface area contributed by atoms with Crippen LogP contribution in [0.4, 0.5) is 0 Å². The van der Waals surface area contributed by atoms with Gasteiger partial charge in [-0.25, -0.2) is 9.59 Å². The van der Waals surface area contributed by atoms with Crippen molar-refractivity contribution in [3.63, 3.8) is 0 Å². The van der Waals surface area contributed by atoms with E-state index in [9.17, 15) is 55.5 Å². The van der Waals surface area contributed by atoms with Gasteiger partial charge in [0.15, 0.2) is 40.6 Å². The van der Waals surface area contributed by atoms with Crippen molar-refractivity contribution in [3.05, 3.63) is 35.4 Å². The summed E-state index contributed by atoms with van der Waals surface area (Å²) in [7, 11) is 0. The zero-order valence-electron chi connectivity index (χ0n) is 17.0. The molecule has 1 saturated heterocycles. The predicted molar refractivity (Wildman–Crippen MR) is 105 cm³/mol. The molecule has 1 heterocycles. The van der Waals surface area contributed by atoms with E-state index in [1.807, 2.05) is 0 Å². The van der Waals surface area contributed by atoms with Crippen LogP contribution in [-0.4, -0.2) is 95.2 Å². The molecular weight excluding hydrogens is 464 g/mol. The van der Waals surface area contributed by atoms with E-state index in [1.54, 1.807) is 0 Å². The second kappa shape index (κ2) is 9.48. The Bertz CT molecular complexity index is 1050. The molecule has 0 aromatic heterocycles. The lowest BCUT2D eigenvalue weighted by Gasteiger charge is -2.40. The van der Waals surface area contributed by atoms with Crippen molar-refractivity contribution in [1.29, 1.82) is 0 Å². The molecule has 0 radical (unpaired) electrons. The van der Waals surface area contributed by atoms with Gasteiger partial charge in [-0.1, -0.05) is 0 Å². The molecule has 9 N–H and O–H groups in total. The number of aliphatic hydroxyl groups is 3. The Morgan fingerprint density at radius 3 is 1.56 bits per heavy atom. The Balaban J connectivity index is 1.88. The Hall–Kier alpha value is -3.98. The topological polar surface area (TPSA) is 244 Å². The highest BCUT2D eigenvalue weighted by atomic mass is 16.7. The number of esters is 2. The first kappa shape index (κ1) is 24.7. The van der Waals surface area contributed by atoms with Crippen LogP contribution in [0.5, 0.6) is 34.5 Å². The summed E-state index contributed by atoms with van der Waals surface area (Å²) in [6, 6.07) is 2.92. The van der Waals surface area contributed by atoms with Crippen LogP contribution in [0.15, 0.2) is 24.3 Å². The number of carbonyl (C=O) groups is 2. The summed E-state index contributed by atoms with van der Waals surface area (Å²) in [4.78, 5) is 25.0. The van der Waals surface area contributed by atoms with Crippen molar-refractivity contribution in [2.45, 2.75) is 30.7 Å². The fourth-order valence-corrected chi connectivity index (χ4v) is 3.09. The Labute approximate surface area is 189 Å². The van der Waals surface area contributed by atoms with Crippen molar-refractivity contribution >= 4 is 11.9 Å². The number of aromatic hydroxyl groups is 6. The number of hydrogen-bond acceptors (Lipinski definition) is 14. The van der Waals surface area contributed by atoms with Crippen LogP contribution < -0.4 is 0 Å². The normalized spacial score (nSPS) is 24.4. The van der Waals surface area contributed by atoms with E-state index in [0.717, 1.165) is 24.3 Å². The first-order valence-corrected chi connectivity index (χ1v) is 9.48. The van der Waals surface area contributed by atoms with Crippen LogP contribution in [0.3, 0.4) is 0 Å². The summed E-state index contributed by atoms with van der Waals surface area (Å²) in [5.74, 6) is -7.90. The number of phenolic OH excluding ortho intramolecular Hbond substituents is 6. The van der Waals surface area contributed by atoms with Gasteiger partial charge in [-0.3, -0.25) is 0 Å². The molecule has 1 fully saturated rings. The summed E-state index contributed by atoms with van der Waals surface area (Å²) < 4.78 is 15.3. The Morgan fingerprint density at radius 2 is 1.15 bits per heavy atom. The molecule has 3 rings (SSSR count). The van der Waals surface area contributed by atoms with Crippen LogP contribution in [0, 0.1) is 0 Å². The Kier molecular flexibility index (Phi) is 6.88. The zero-order chi connectivity index (χ0) is 25.3. The molecule has 0 spiro atoms. The van der Waals surface area contributed by atoms with Crippen LogP contribution >= 0.6 is 0 Å². The summed E-state index contributed by atoms with van der Waals surface area (Å²) in [5.41, 5.74) is -0.992. The van der Waals surface area contributed by atoms with E-state index in [4.69, 9.17) is 14.2 Å². The third-order valence-electron chi connectivity index (χ3n) is 4.90. The minimum atomic E-state index is -1.96. The van der Waals surface area contributed by atoms with Crippen LogP contribution in [-0.2, 0) is 14.2 Å². The van der Waals surface area contributed by atoms with Gasteiger partial charge in [-0.2, -0.15) is 0 Å². The molecule has 2 aromatic carbocycles. The van der Waals surface area contributed by atoms with Crippen molar-refractivity contribution in [3.8, 4) is 34.5 Å². The van der Waals surface area contributed by atoms with E-state index in [-0.39, 0.29) is 0 Å². The van der Waals surface area contributed by atoms with Crippen molar-refractivity contribution < 1.29 is 69.8 Å². The molecule has 5 unspecified atom stereocenters. The third kappa shape index (κ3) is 4.69. The summed E-state index contributed by atoms with van der Waals surface area (Å²) in [5, 5.41) is 87.0. The largest absolute Gasteiger partial charge is 0.504 e. The first-order chi connectivity index (χ1) is 15.9. The van der Waals surface area contributed by atoms with E-state index in [1.165, 1.54) is 0 Å². The lowest BCUT2D eigenvalue weighted by Crippen LogP contribution is -2.60. The lowest BCUT2D eigenvalue weighted by atomic mass is 9.99. The molecule has 0 saturated carbocycles. The maximum Gasteiger partial charge on any atom is 0.340 e. The molecule has 0 aliphatic carbocycles. The van der Waals surface area contributed by atoms with E-state index in [0.29, 0.717) is 0 Å². The minimum absolute atomic E-state index is 0.490.